The summed E-state index contributed by atoms with van der Waals surface area (Å²) in [6.45, 7) is 5.04. The summed E-state index contributed by atoms with van der Waals surface area (Å²) in [6, 6.07) is 7.53. The summed E-state index contributed by atoms with van der Waals surface area (Å²) in [5, 5.41) is 0. The van der Waals surface area contributed by atoms with Gasteiger partial charge in [0.15, 0.2) is 0 Å². The van der Waals surface area contributed by atoms with Gasteiger partial charge in [0.2, 0.25) is 15.9 Å². The molecule has 0 unspecified atom stereocenters. The van der Waals surface area contributed by atoms with Gasteiger partial charge in [-0.3, -0.25) is 4.79 Å². The van der Waals surface area contributed by atoms with Crippen LogP contribution in [0.25, 0.3) is 0 Å². The molecule has 0 radical (unpaired) electrons. The molecular formula is C19H23N3O5S. The van der Waals surface area contributed by atoms with Gasteiger partial charge in [-0.2, -0.15) is 0 Å². The van der Waals surface area contributed by atoms with E-state index in [2.05, 4.69) is 9.71 Å². The van der Waals surface area contributed by atoms with Crippen molar-refractivity contribution >= 4 is 27.6 Å². The average Bonchev–Trinajstić information content (AvgIpc) is 3.20. The van der Waals surface area contributed by atoms with Crippen molar-refractivity contribution in [3.8, 4) is 0 Å². The Morgan fingerprint density at radius 1 is 1.21 bits per heavy atom. The van der Waals surface area contributed by atoms with Gasteiger partial charge in [0, 0.05) is 23.6 Å². The highest BCUT2D eigenvalue weighted by molar-refractivity contribution is 7.89. The number of carbonyl (C=O) groups is 2. The first-order valence-corrected chi connectivity index (χ1v) is 10.5. The van der Waals surface area contributed by atoms with Gasteiger partial charge in [0.05, 0.1) is 13.2 Å². The van der Waals surface area contributed by atoms with Crippen LogP contribution in [0.2, 0.25) is 0 Å². The molecule has 1 aliphatic rings. The number of rotatable bonds is 6. The van der Waals surface area contributed by atoms with Crippen LogP contribution >= 0.6 is 0 Å². The third-order valence-electron chi connectivity index (χ3n) is 4.67. The number of fused-ring (bicyclic) bond motifs is 1. The van der Waals surface area contributed by atoms with Crippen molar-refractivity contribution in [2.45, 2.75) is 32.1 Å². The van der Waals surface area contributed by atoms with Crippen molar-refractivity contribution in [1.29, 1.82) is 0 Å². The number of nitrogens with one attached hydrogen (secondary N) is 2. The topological polar surface area (TPSA) is 109 Å². The molecule has 3 rings (SSSR count). The van der Waals surface area contributed by atoms with Gasteiger partial charge >= 0.3 is 5.97 Å². The molecule has 1 aromatic heterocycles. The number of hydrogen-bond donors (Lipinski definition) is 2. The fourth-order valence-electron chi connectivity index (χ4n) is 3.46. The number of anilines is 1. The Bertz CT molecular complexity index is 1030. The SMILES string of the molecule is CCOC(=O)c1c(C)[nH]c(C)c1S(=O)(=O)NCC(=O)N1CCc2ccccc21. The number of ether oxygens (including phenoxy) is 1. The van der Waals surface area contributed by atoms with Gasteiger partial charge in [-0.1, -0.05) is 18.2 Å². The summed E-state index contributed by atoms with van der Waals surface area (Å²) in [5.41, 5.74) is 2.53. The van der Waals surface area contributed by atoms with Crippen LogP contribution in [0, 0.1) is 13.8 Å². The molecule has 1 aliphatic heterocycles. The van der Waals surface area contributed by atoms with E-state index in [0.29, 0.717) is 17.9 Å². The van der Waals surface area contributed by atoms with Crippen LogP contribution < -0.4 is 9.62 Å². The highest BCUT2D eigenvalue weighted by Crippen LogP contribution is 2.28. The molecule has 0 bridgehead atoms. The Hall–Kier alpha value is -2.65. The minimum Gasteiger partial charge on any atom is -0.462 e. The molecule has 150 valence electrons. The molecule has 2 N–H and O–H groups in total. The summed E-state index contributed by atoms with van der Waals surface area (Å²) in [7, 11) is -4.10. The van der Waals surface area contributed by atoms with Gasteiger partial charge in [0.1, 0.15) is 10.5 Å². The van der Waals surface area contributed by atoms with Gasteiger partial charge in [0.25, 0.3) is 0 Å². The van der Waals surface area contributed by atoms with Gasteiger partial charge in [-0.15, -0.1) is 0 Å². The van der Waals surface area contributed by atoms with Crippen LogP contribution in [0.4, 0.5) is 5.69 Å². The highest BCUT2D eigenvalue weighted by Gasteiger charge is 2.31. The zero-order valence-corrected chi connectivity index (χ0v) is 16.9. The maximum atomic E-state index is 12.9. The molecule has 2 aromatic rings. The fraction of sp³-hybridized carbons (Fsp3) is 0.368. The van der Waals surface area contributed by atoms with Crippen molar-refractivity contribution in [3.63, 3.8) is 0 Å². The maximum absolute atomic E-state index is 12.9. The first kappa shape index (κ1) is 20.1. The molecule has 0 spiro atoms. The first-order chi connectivity index (χ1) is 13.3. The maximum Gasteiger partial charge on any atom is 0.341 e. The Morgan fingerprint density at radius 2 is 1.93 bits per heavy atom. The van der Waals surface area contributed by atoms with Crippen LogP contribution in [-0.2, 0) is 26.0 Å². The Kier molecular flexibility index (Phi) is 5.57. The van der Waals surface area contributed by atoms with Crippen molar-refractivity contribution < 1.29 is 22.7 Å². The van der Waals surface area contributed by atoms with Gasteiger partial charge < -0.3 is 14.6 Å². The molecule has 0 saturated carbocycles. The number of aromatic amines is 1. The number of esters is 1. The first-order valence-electron chi connectivity index (χ1n) is 9.00. The highest BCUT2D eigenvalue weighted by atomic mass is 32.2. The Morgan fingerprint density at radius 3 is 2.64 bits per heavy atom. The van der Waals surface area contributed by atoms with Gasteiger partial charge in [-0.25, -0.2) is 17.9 Å². The second-order valence-corrected chi connectivity index (χ2v) is 8.25. The molecule has 8 nitrogen and oxygen atoms in total. The van der Waals surface area contributed by atoms with Crippen LogP contribution in [0.3, 0.4) is 0 Å². The van der Waals surface area contributed by atoms with Crippen LogP contribution in [0.15, 0.2) is 29.2 Å². The summed E-state index contributed by atoms with van der Waals surface area (Å²) >= 11 is 0. The standard InChI is InChI=1S/C19H23N3O5S/c1-4-27-19(24)17-12(2)21-13(3)18(17)28(25,26)20-11-16(23)22-10-9-14-7-5-6-8-15(14)22/h5-8,20-21H,4,9-11H2,1-3H3. The molecule has 2 heterocycles. The number of carbonyl (C=O) groups excluding carboxylic acids is 2. The van der Waals surface area contributed by atoms with E-state index in [1.54, 1.807) is 25.7 Å². The minimum absolute atomic E-state index is 0.0363. The van der Waals surface area contributed by atoms with Crippen LogP contribution in [0.5, 0.6) is 0 Å². The lowest BCUT2D eigenvalue weighted by atomic mass is 10.2. The molecule has 9 heteroatoms. The van der Waals surface area contributed by atoms with E-state index in [1.165, 1.54) is 0 Å². The molecule has 0 atom stereocenters. The molecule has 28 heavy (non-hydrogen) atoms. The summed E-state index contributed by atoms with van der Waals surface area (Å²) in [4.78, 5) is 29.1. The van der Waals surface area contributed by atoms with Crippen molar-refractivity contribution in [3.05, 3.63) is 46.8 Å². The summed E-state index contributed by atoms with van der Waals surface area (Å²) in [5.74, 6) is -1.07. The summed E-state index contributed by atoms with van der Waals surface area (Å²) in [6.07, 6.45) is 0.734. The minimum atomic E-state index is -4.10. The number of aromatic nitrogens is 1. The van der Waals surface area contributed by atoms with E-state index < -0.39 is 22.5 Å². The number of aryl methyl sites for hydroxylation is 2. The number of hydrogen-bond acceptors (Lipinski definition) is 5. The lowest BCUT2D eigenvalue weighted by molar-refractivity contribution is -0.117. The zero-order chi connectivity index (χ0) is 20.5. The van der Waals surface area contributed by atoms with E-state index in [9.17, 15) is 18.0 Å². The van der Waals surface area contributed by atoms with Gasteiger partial charge in [-0.05, 0) is 38.8 Å². The van der Waals surface area contributed by atoms with Crippen LogP contribution in [0.1, 0.15) is 34.2 Å². The Balaban J connectivity index is 1.80. The predicted molar refractivity (Wildman–Crippen MR) is 104 cm³/mol. The monoisotopic (exact) mass is 405 g/mol. The second kappa shape index (κ2) is 7.76. The molecule has 1 aromatic carbocycles. The number of sulfonamides is 1. The second-order valence-electron chi connectivity index (χ2n) is 6.55. The number of H-pyrrole nitrogens is 1. The number of benzene rings is 1. The predicted octanol–water partition coefficient (Wildman–Crippen LogP) is 1.68. The van der Waals surface area contributed by atoms with Crippen molar-refractivity contribution in [1.82, 2.24) is 9.71 Å². The van der Waals surface area contributed by atoms with Crippen LogP contribution in [-0.4, -0.2) is 45.0 Å². The average molecular weight is 405 g/mol. The van der Waals surface area contributed by atoms with Crippen molar-refractivity contribution in [2.24, 2.45) is 0 Å². The lowest BCUT2D eigenvalue weighted by Gasteiger charge is -2.18. The molecule has 0 fully saturated rings. The Labute approximate surface area is 163 Å². The third-order valence-corrected chi connectivity index (χ3v) is 6.24. The number of nitrogens with zero attached hydrogens (tertiary/aromatic N) is 1. The van der Waals surface area contributed by atoms with E-state index >= 15 is 0 Å². The molecule has 1 amide bonds. The van der Waals surface area contributed by atoms with E-state index in [0.717, 1.165) is 17.7 Å². The quantitative estimate of drug-likeness (QED) is 0.711. The van der Waals surface area contributed by atoms with E-state index in [1.807, 2.05) is 24.3 Å². The number of amides is 1. The summed E-state index contributed by atoms with van der Waals surface area (Å²) < 4.78 is 33.0. The number of para-hydroxylation sites is 1. The molecule has 0 aliphatic carbocycles. The largest absolute Gasteiger partial charge is 0.462 e. The van der Waals surface area contributed by atoms with E-state index in [-0.39, 0.29) is 23.0 Å². The molecule has 0 saturated heterocycles. The fourth-order valence-corrected chi connectivity index (χ4v) is 4.88. The smallest absolute Gasteiger partial charge is 0.341 e. The zero-order valence-electron chi connectivity index (χ0n) is 16.0. The molecular weight excluding hydrogens is 382 g/mol. The van der Waals surface area contributed by atoms with Crippen molar-refractivity contribution in [2.75, 3.05) is 24.6 Å². The lowest BCUT2D eigenvalue weighted by Crippen LogP contribution is -2.39. The normalized spacial score (nSPS) is 13.5. The van der Waals surface area contributed by atoms with E-state index in [4.69, 9.17) is 4.74 Å². The third kappa shape index (κ3) is 3.67.